The predicted octanol–water partition coefficient (Wildman–Crippen LogP) is 8.51. The first kappa shape index (κ1) is 26.4. The molecule has 2 unspecified atom stereocenters. The molecule has 0 saturated heterocycles. The van der Waals surface area contributed by atoms with E-state index in [1.165, 1.54) is 16.7 Å². The molecule has 1 heterocycles. The maximum absolute atomic E-state index is 6.65. The van der Waals surface area contributed by atoms with E-state index in [4.69, 9.17) is 9.15 Å². The molecule has 42 heavy (non-hydrogen) atoms. The summed E-state index contributed by atoms with van der Waals surface area (Å²) in [5, 5.41) is 4.16. The number of hydrogen-bond acceptors (Lipinski definition) is 4. The fourth-order valence-electron chi connectivity index (χ4n) is 6.33. The van der Waals surface area contributed by atoms with Gasteiger partial charge in [0.15, 0.2) is 5.58 Å². The summed E-state index contributed by atoms with van der Waals surface area (Å²) in [6.07, 6.45) is 3.34. The van der Waals surface area contributed by atoms with Gasteiger partial charge in [0.25, 0.3) is 0 Å². The summed E-state index contributed by atoms with van der Waals surface area (Å²) in [6.45, 7) is 0.561. The molecule has 0 amide bonds. The molecular weight excluding hydrogens is 516 g/mol. The Labute approximate surface area is 247 Å². The van der Waals surface area contributed by atoms with Crippen LogP contribution in [0, 0.1) is 0 Å². The molecular formula is C38H34N2O2. The largest absolute Gasteiger partial charge is 0.436 e. The average molecular weight is 551 g/mol. The number of benzene rings is 5. The normalized spacial score (nSPS) is 17.0. The van der Waals surface area contributed by atoms with Crippen LogP contribution < -0.4 is 5.32 Å². The molecule has 208 valence electrons. The molecule has 6 aromatic rings. The number of para-hydroxylation sites is 2. The lowest BCUT2D eigenvalue weighted by Crippen LogP contribution is -2.52. The number of aromatic nitrogens is 1. The van der Waals surface area contributed by atoms with Crippen LogP contribution in [0.2, 0.25) is 0 Å². The lowest BCUT2D eigenvalue weighted by Gasteiger charge is -2.40. The summed E-state index contributed by atoms with van der Waals surface area (Å²) in [7, 11) is 0. The van der Waals surface area contributed by atoms with Gasteiger partial charge in [0, 0.05) is 11.6 Å². The zero-order chi connectivity index (χ0) is 28.2. The van der Waals surface area contributed by atoms with E-state index in [0.717, 1.165) is 41.5 Å². The van der Waals surface area contributed by atoms with Gasteiger partial charge in [-0.15, -0.1) is 0 Å². The third-order valence-electron chi connectivity index (χ3n) is 8.43. The standard InChI is InChI=1S/C38H34N2O2/c1-4-13-30(14-5-1)38(31-15-6-2-7-16-31,32-17-8-3-9-18-32)40-34-20-12-22-35(34)41-27-28-23-25-29(26-24-28)37-39-33-19-10-11-21-36(33)42-37/h1-11,13-19,21,23-26,34-35,40H,12,20,22,27H2. The van der Waals surface area contributed by atoms with Gasteiger partial charge in [0.05, 0.1) is 18.2 Å². The van der Waals surface area contributed by atoms with Crippen molar-refractivity contribution in [1.82, 2.24) is 10.3 Å². The second-order valence-electron chi connectivity index (χ2n) is 11.1. The van der Waals surface area contributed by atoms with E-state index in [0.29, 0.717) is 12.5 Å². The van der Waals surface area contributed by atoms with Crippen LogP contribution in [0.3, 0.4) is 0 Å². The van der Waals surface area contributed by atoms with Crippen LogP contribution in [0.4, 0.5) is 0 Å². The number of hydrogen-bond donors (Lipinski definition) is 1. The molecule has 0 aliphatic heterocycles. The first-order chi connectivity index (χ1) is 20.8. The molecule has 0 spiro atoms. The van der Waals surface area contributed by atoms with Gasteiger partial charge in [-0.2, -0.15) is 0 Å². The first-order valence-corrected chi connectivity index (χ1v) is 14.8. The fraction of sp³-hybridized carbons (Fsp3) is 0.184. The summed E-state index contributed by atoms with van der Waals surface area (Å²) in [5.74, 6) is 0.641. The van der Waals surface area contributed by atoms with E-state index >= 15 is 0 Å². The van der Waals surface area contributed by atoms with E-state index in [1.54, 1.807) is 0 Å². The van der Waals surface area contributed by atoms with Crippen LogP contribution in [0.5, 0.6) is 0 Å². The second kappa shape index (κ2) is 11.8. The Morgan fingerprint density at radius 2 is 1.24 bits per heavy atom. The Hall–Kier alpha value is -4.51. The maximum atomic E-state index is 6.65. The van der Waals surface area contributed by atoms with Crippen molar-refractivity contribution in [1.29, 1.82) is 0 Å². The maximum Gasteiger partial charge on any atom is 0.227 e. The quantitative estimate of drug-likeness (QED) is 0.183. The van der Waals surface area contributed by atoms with Crippen LogP contribution in [-0.2, 0) is 16.9 Å². The predicted molar refractivity (Wildman–Crippen MR) is 168 cm³/mol. The van der Waals surface area contributed by atoms with Crippen molar-refractivity contribution in [3.63, 3.8) is 0 Å². The van der Waals surface area contributed by atoms with E-state index in [-0.39, 0.29) is 12.1 Å². The Morgan fingerprint density at radius 1 is 0.667 bits per heavy atom. The molecule has 1 aliphatic carbocycles. The minimum atomic E-state index is -0.498. The van der Waals surface area contributed by atoms with Crippen LogP contribution in [0.25, 0.3) is 22.6 Å². The van der Waals surface area contributed by atoms with E-state index in [9.17, 15) is 0 Å². The summed E-state index contributed by atoms with van der Waals surface area (Å²) >= 11 is 0. The first-order valence-electron chi connectivity index (χ1n) is 14.8. The van der Waals surface area contributed by atoms with E-state index < -0.39 is 5.54 Å². The third-order valence-corrected chi connectivity index (χ3v) is 8.43. The topological polar surface area (TPSA) is 47.3 Å². The highest BCUT2D eigenvalue weighted by molar-refractivity contribution is 5.76. The van der Waals surface area contributed by atoms with Gasteiger partial charge in [0.1, 0.15) is 5.52 Å². The Bertz CT molecular complexity index is 1600. The highest BCUT2D eigenvalue weighted by Gasteiger charge is 2.41. The summed E-state index contributed by atoms with van der Waals surface area (Å²) in [4.78, 5) is 4.63. The second-order valence-corrected chi connectivity index (χ2v) is 11.1. The van der Waals surface area contributed by atoms with E-state index in [1.807, 2.05) is 24.3 Å². The molecule has 0 radical (unpaired) electrons. The molecule has 1 N–H and O–H groups in total. The summed E-state index contributed by atoms with van der Waals surface area (Å²) in [6, 6.07) is 48.9. The van der Waals surface area contributed by atoms with Crippen molar-refractivity contribution in [2.24, 2.45) is 0 Å². The highest BCUT2D eigenvalue weighted by Crippen LogP contribution is 2.39. The summed E-state index contributed by atoms with van der Waals surface area (Å²) in [5.41, 5.74) is 6.96. The Morgan fingerprint density at radius 3 is 1.83 bits per heavy atom. The van der Waals surface area contributed by atoms with Gasteiger partial charge < -0.3 is 9.15 Å². The number of fused-ring (bicyclic) bond motifs is 1. The van der Waals surface area contributed by atoms with Crippen LogP contribution >= 0.6 is 0 Å². The van der Waals surface area contributed by atoms with Crippen LogP contribution in [-0.4, -0.2) is 17.1 Å². The van der Waals surface area contributed by atoms with Gasteiger partial charge in [-0.25, -0.2) is 4.98 Å². The SMILES string of the molecule is c1ccc(C(NC2CCCC2OCc2ccc(-c3nc4ccccc4o3)cc2)(c2ccccc2)c2ccccc2)cc1. The lowest BCUT2D eigenvalue weighted by molar-refractivity contribution is 0.0234. The number of oxazole rings is 1. The third kappa shape index (κ3) is 5.16. The van der Waals surface area contributed by atoms with Crippen molar-refractivity contribution in [3.8, 4) is 11.5 Å². The smallest absolute Gasteiger partial charge is 0.227 e. The number of nitrogens with zero attached hydrogens (tertiary/aromatic N) is 1. The van der Waals surface area contributed by atoms with Crippen molar-refractivity contribution < 1.29 is 9.15 Å². The lowest BCUT2D eigenvalue weighted by atomic mass is 9.76. The average Bonchev–Trinajstić information content (AvgIpc) is 3.71. The number of rotatable bonds is 9. The molecule has 5 aromatic carbocycles. The van der Waals surface area contributed by atoms with Gasteiger partial charge in [-0.3, -0.25) is 5.32 Å². The molecule has 4 nitrogen and oxygen atoms in total. The zero-order valence-corrected chi connectivity index (χ0v) is 23.5. The highest BCUT2D eigenvalue weighted by atomic mass is 16.5. The zero-order valence-electron chi connectivity index (χ0n) is 23.5. The molecule has 2 atom stereocenters. The fourth-order valence-corrected chi connectivity index (χ4v) is 6.33. The van der Waals surface area contributed by atoms with Crippen molar-refractivity contribution in [2.75, 3.05) is 0 Å². The van der Waals surface area contributed by atoms with Crippen molar-refractivity contribution in [2.45, 2.75) is 43.6 Å². The molecule has 1 aromatic heterocycles. The van der Waals surface area contributed by atoms with Crippen molar-refractivity contribution >= 4 is 11.1 Å². The Kier molecular flexibility index (Phi) is 7.40. The van der Waals surface area contributed by atoms with Gasteiger partial charge in [-0.1, -0.05) is 115 Å². The molecule has 1 saturated carbocycles. The molecule has 1 fully saturated rings. The molecule has 4 heteroatoms. The minimum absolute atomic E-state index is 0.109. The molecule has 0 bridgehead atoms. The summed E-state index contributed by atoms with van der Waals surface area (Å²) < 4.78 is 12.6. The minimum Gasteiger partial charge on any atom is -0.436 e. The molecule has 1 aliphatic rings. The van der Waals surface area contributed by atoms with Gasteiger partial charge >= 0.3 is 0 Å². The van der Waals surface area contributed by atoms with Crippen LogP contribution in [0.1, 0.15) is 41.5 Å². The van der Waals surface area contributed by atoms with E-state index in [2.05, 4.69) is 126 Å². The number of nitrogens with one attached hydrogen (secondary N) is 1. The monoisotopic (exact) mass is 550 g/mol. The van der Waals surface area contributed by atoms with Crippen molar-refractivity contribution in [3.05, 3.63) is 162 Å². The number of ether oxygens (including phenoxy) is 1. The van der Waals surface area contributed by atoms with Gasteiger partial charge in [-0.05, 0) is 65.8 Å². The molecule has 7 rings (SSSR count). The Balaban J connectivity index is 1.13. The van der Waals surface area contributed by atoms with Crippen LogP contribution in [0.15, 0.2) is 144 Å². The van der Waals surface area contributed by atoms with Gasteiger partial charge in [0.2, 0.25) is 5.89 Å².